The zero-order chi connectivity index (χ0) is 11.8. The summed E-state index contributed by atoms with van der Waals surface area (Å²) in [7, 11) is 0. The van der Waals surface area contributed by atoms with Crippen molar-refractivity contribution in [2.45, 2.75) is 13.3 Å². The fraction of sp³-hybridized carbons (Fsp3) is 0.455. The van der Waals surface area contributed by atoms with Crippen LogP contribution in [0.25, 0.3) is 0 Å². The summed E-state index contributed by atoms with van der Waals surface area (Å²) in [5.41, 5.74) is 0.0382. The molecule has 0 radical (unpaired) electrons. The highest BCUT2D eigenvalue weighted by Gasteiger charge is 2.04. The first-order chi connectivity index (χ1) is 7.74. The summed E-state index contributed by atoms with van der Waals surface area (Å²) in [6.07, 6.45) is 0.872. The van der Waals surface area contributed by atoms with Crippen molar-refractivity contribution >= 4 is 5.91 Å². The van der Waals surface area contributed by atoms with E-state index in [4.69, 9.17) is 0 Å². The first-order valence-electron chi connectivity index (χ1n) is 5.42. The summed E-state index contributed by atoms with van der Waals surface area (Å²) in [6, 6.07) is 4.52. The van der Waals surface area contributed by atoms with E-state index < -0.39 is 0 Å². The lowest BCUT2D eigenvalue weighted by Gasteiger charge is -2.05. The van der Waals surface area contributed by atoms with Gasteiger partial charge in [0.1, 0.15) is 5.69 Å². The molecule has 0 saturated carbocycles. The van der Waals surface area contributed by atoms with Gasteiger partial charge < -0.3 is 15.6 Å². The van der Waals surface area contributed by atoms with Gasteiger partial charge in [-0.15, -0.1) is 0 Å². The molecule has 1 aromatic rings. The zero-order valence-corrected chi connectivity index (χ0v) is 9.38. The van der Waals surface area contributed by atoms with E-state index in [9.17, 15) is 9.59 Å². The number of carbonyl (C=O) groups is 1. The molecule has 16 heavy (non-hydrogen) atoms. The molecule has 88 valence electrons. The highest BCUT2D eigenvalue weighted by atomic mass is 16.2. The molecule has 0 aliphatic heterocycles. The number of rotatable bonds is 6. The van der Waals surface area contributed by atoms with E-state index >= 15 is 0 Å². The highest BCUT2D eigenvalue weighted by Crippen LogP contribution is 1.89. The summed E-state index contributed by atoms with van der Waals surface area (Å²) in [6.45, 7) is 4.44. The number of aromatic nitrogens is 1. The lowest BCUT2D eigenvalue weighted by atomic mass is 10.3. The number of hydrogen-bond acceptors (Lipinski definition) is 3. The fourth-order valence-electron chi connectivity index (χ4n) is 1.27. The van der Waals surface area contributed by atoms with Crippen LogP contribution in [-0.4, -0.2) is 30.5 Å². The predicted octanol–water partition coefficient (Wildman–Crippen LogP) is 0.104. The number of hydrogen-bond donors (Lipinski definition) is 3. The average Bonchev–Trinajstić information content (AvgIpc) is 2.28. The van der Waals surface area contributed by atoms with Crippen molar-refractivity contribution in [2.75, 3.05) is 19.6 Å². The van der Waals surface area contributed by atoms with E-state index in [0.717, 1.165) is 19.5 Å². The van der Waals surface area contributed by atoms with Gasteiger partial charge >= 0.3 is 0 Å². The first kappa shape index (κ1) is 12.4. The molecule has 0 aliphatic carbocycles. The highest BCUT2D eigenvalue weighted by molar-refractivity contribution is 5.92. The number of H-pyrrole nitrogens is 1. The summed E-state index contributed by atoms with van der Waals surface area (Å²) in [5.74, 6) is -0.241. The zero-order valence-electron chi connectivity index (χ0n) is 9.38. The van der Waals surface area contributed by atoms with Gasteiger partial charge in [0.05, 0.1) is 0 Å². The van der Waals surface area contributed by atoms with Gasteiger partial charge in [0.2, 0.25) is 5.56 Å². The number of pyridine rings is 1. The molecule has 1 aromatic heterocycles. The number of carbonyl (C=O) groups excluding carboxylic acids is 1. The second kappa shape index (κ2) is 6.79. The topological polar surface area (TPSA) is 74.0 Å². The van der Waals surface area contributed by atoms with E-state index in [1.807, 2.05) is 6.92 Å². The lowest BCUT2D eigenvalue weighted by Crippen LogP contribution is -2.29. The molecule has 3 N–H and O–H groups in total. The Morgan fingerprint density at radius 3 is 2.88 bits per heavy atom. The van der Waals surface area contributed by atoms with Crippen molar-refractivity contribution in [2.24, 2.45) is 0 Å². The molecule has 0 bridgehead atoms. The van der Waals surface area contributed by atoms with E-state index in [-0.39, 0.29) is 11.5 Å². The van der Waals surface area contributed by atoms with Crippen LogP contribution in [0.3, 0.4) is 0 Å². The molecule has 0 spiro atoms. The molecule has 0 aliphatic rings. The minimum atomic E-state index is -0.264. The molecule has 5 nitrogen and oxygen atoms in total. The monoisotopic (exact) mass is 223 g/mol. The number of aromatic amines is 1. The Morgan fingerprint density at radius 2 is 2.19 bits per heavy atom. The van der Waals surface area contributed by atoms with Gasteiger partial charge in [-0.05, 0) is 25.6 Å². The normalized spacial score (nSPS) is 10.1. The molecule has 0 unspecified atom stereocenters. The quantitative estimate of drug-likeness (QED) is 0.599. The summed E-state index contributed by atoms with van der Waals surface area (Å²) in [5, 5.41) is 5.90. The van der Waals surface area contributed by atoms with Crippen molar-refractivity contribution in [1.82, 2.24) is 15.6 Å². The predicted molar refractivity (Wildman–Crippen MR) is 62.6 cm³/mol. The standard InChI is InChI=1S/C11H17N3O2/c1-2-12-7-4-8-13-11(16)9-5-3-6-10(15)14-9/h3,5-6,12H,2,4,7-8H2,1H3,(H,13,16)(H,14,15). The second-order valence-corrected chi connectivity index (χ2v) is 3.39. The molecule has 0 saturated heterocycles. The van der Waals surface area contributed by atoms with E-state index in [2.05, 4.69) is 15.6 Å². The largest absolute Gasteiger partial charge is 0.351 e. The maximum Gasteiger partial charge on any atom is 0.267 e. The van der Waals surface area contributed by atoms with Crippen LogP contribution < -0.4 is 16.2 Å². The van der Waals surface area contributed by atoms with Gasteiger partial charge in [-0.25, -0.2) is 0 Å². The molecule has 1 amide bonds. The third-order valence-electron chi connectivity index (χ3n) is 2.08. The Balaban J connectivity index is 2.33. The summed E-state index contributed by atoms with van der Waals surface area (Å²) < 4.78 is 0. The van der Waals surface area contributed by atoms with Gasteiger partial charge in [-0.1, -0.05) is 13.0 Å². The van der Waals surface area contributed by atoms with Crippen LogP contribution >= 0.6 is 0 Å². The first-order valence-corrected chi connectivity index (χ1v) is 5.42. The van der Waals surface area contributed by atoms with Crippen LogP contribution in [-0.2, 0) is 0 Å². The molecule has 0 atom stereocenters. The van der Waals surface area contributed by atoms with E-state index in [0.29, 0.717) is 12.2 Å². The second-order valence-electron chi connectivity index (χ2n) is 3.39. The number of amides is 1. The maximum atomic E-state index is 11.5. The fourth-order valence-corrected chi connectivity index (χ4v) is 1.27. The smallest absolute Gasteiger partial charge is 0.267 e. The molecule has 5 heteroatoms. The molecular formula is C11H17N3O2. The van der Waals surface area contributed by atoms with E-state index in [1.165, 1.54) is 6.07 Å². The van der Waals surface area contributed by atoms with Crippen LogP contribution in [0.1, 0.15) is 23.8 Å². The van der Waals surface area contributed by atoms with Gasteiger partial charge in [-0.3, -0.25) is 9.59 Å². The molecule has 1 rings (SSSR count). The Bertz CT molecular complexity index is 387. The summed E-state index contributed by atoms with van der Waals surface area (Å²) in [4.78, 5) is 25.0. The van der Waals surface area contributed by atoms with Gasteiger partial charge in [0.25, 0.3) is 5.91 Å². The summed E-state index contributed by atoms with van der Waals surface area (Å²) >= 11 is 0. The van der Waals surface area contributed by atoms with Crippen LogP contribution in [0.15, 0.2) is 23.0 Å². The molecule has 1 heterocycles. The van der Waals surface area contributed by atoms with Crippen LogP contribution in [0.5, 0.6) is 0 Å². The molecular weight excluding hydrogens is 206 g/mol. The Labute approximate surface area is 94.3 Å². The van der Waals surface area contributed by atoms with Gasteiger partial charge in [0.15, 0.2) is 0 Å². The van der Waals surface area contributed by atoms with E-state index in [1.54, 1.807) is 12.1 Å². The maximum absolute atomic E-state index is 11.5. The van der Waals surface area contributed by atoms with Crippen LogP contribution in [0, 0.1) is 0 Å². The SMILES string of the molecule is CCNCCCNC(=O)c1cccc(=O)[nH]1. The average molecular weight is 223 g/mol. The van der Waals surface area contributed by atoms with Crippen molar-refractivity contribution in [3.8, 4) is 0 Å². The Morgan fingerprint density at radius 1 is 1.38 bits per heavy atom. The van der Waals surface area contributed by atoms with Crippen molar-refractivity contribution in [3.63, 3.8) is 0 Å². The lowest BCUT2D eigenvalue weighted by molar-refractivity contribution is 0.0948. The minimum absolute atomic E-state index is 0.241. The molecule has 0 aromatic carbocycles. The van der Waals surface area contributed by atoms with Gasteiger partial charge in [-0.2, -0.15) is 0 Å². The van der Waals surface area contributed by atoms with Crippen LogP contribution in [0.2, 0.25) is 0 Å². The number of nitrogens with one attached hydrogen (secondary N) is 3. The third kappa shape index (κ3) is 4.27. The van der Waals surface area contributed by atoms with Crippen molar-refractivity contribution in [1.29, 1.82) is 0 Å². The Hall–Kier alpha value is -1.62. The van der Waals surface area contributed by atoms with Crippen molar-refractivity contribution in [3.05, 3.63) is 34.2 Å². The Kier molecular flexibility index (Phi) is 5.28. The minimum Gasteiger partial charge on any atom is -0.351 e. The molecule has 0 fully saturated rings. The van der Waals surface area contributed by atoms with Gasteiger partial charge in [0, 0.05) is 12.6 Å². The third-order valence-corrected chi connectivity index (χ3v) is 2.08. The van der Waals surface area contributed by atoms with Crippen LogP contribution in [0.4, 0.5) is 0 Å². The van der Waals surface area contributed by atoms with Crippen molar-refractivity contribution < 1.29 is 4.79 Å².